The van der Waals surface area contributed by atoms with E-state index in [9.17, 15) is 8.42 Å². The van der Waals surface area contributed by atoms with Crippen molar-refractivity contribution in [3.8, 4) is 0 Å². The van der Waals surface area contributed by atoms with Crippen LogP contribution in [-0.4, -0.2) is 62.5 Å². The van der Waals surface area contributed by atoms with Crippen LogP contribution in [0.25, 0.3) is 0 Å². The highest BCUT2D eigenvalue weighted by Gasteiger charge is 2.36. The molecule has 1 saturated heterocycles. The van der Waals surface area contributed by atoms with E-state index in [0.29, 0.717) is 39.4 Å². The molecule has 106 valence electrons. The molecule has 2 rings (SSSR count). The molecular weight excluding hydrogens is 254 g/mol. The minimum absolute atomic E-state index is 0.140. The summed E-state index contributed by atoms with van der Waals surface area (Å²) in [5, 5.41) is 0. The molecule has 0 unspecified atom stereocenters. The second-order valence-corrected chi connectivity index (χ2v) is 6.74. The molecule has 1 aliphatic heterocycles. The van der Waals surface area contributed by atoms with Gasteiger partial charge in [-0.1, -0.05) is 12.8 Å². The monoisotopic (exact) mass is 277 g/mol. The normalized spacial score (nSPS) is 23.9. The van der Waals surface area contributed by atoms with Crippen LogP contribution in [-0.2, 0) is 14.9 Å². The Labute approximate surface area is 109 Å². The van der Waals surface area contributed by atoms with Gasteiger partial charge in [-0.15, -0.1) is 0 Å². The number of nitrogens with two attached hydrogens (primary N) is 1. The van der Waals surface area contributed by atoms with Crippen molar-refractivity contribution in [1.82, 2.24) is 8.61 Å². The van der Waals surface area contributed by atoms with Gasteiger partial charge in [0.15, 0.2) is 0 Å². The molecular formula is C11H23N3O3S. The van der Waals surface area contributed by atoms with Crippen molar-refractivity contribution in [2.24, 2.45) is 5.73 Å². The van der Waals surface area contributed by atoms with Crippen LogP contribution in [0.1, 0.15) is 25.7 Å². The zero-order valence-corrected chi connectivity index (χ0v) is 11.6. The number of morpholine rings is 1. The van der Waals surface area contributed by atoms with Gasteiger partial charge in [0.1, 0.15) is 0 Å². The molecule has 18 heavy (non-hydrogen) atoms. The number of rotatable bonds is 5. The molecule has 2 N–H and O–H groups in total. The van der Waals surface area contributed by atoms with Gasteiger partial charge in [0.25, 0.3) is 10.2 Å². The predicted molar refractivity (Wildman–Crippen MR) is 69.3 cm³/mol. The lowest BCUT2D eigenvalue weighted by Gasteiger charge is -2.35. The van der Waals surface area contributed by atoms with Gasteiger partial charge in [-0.3, -0.25) is 0 Å². The van der Waals surface area contributed by atoms with E-state index in [1.165, 1.54) is 4.31 Å². The number of hydrogen-bond donors (Lipinski definition) is 1. The van der Waals surface area contributed by atoms with E-state index in [1.54, 1.807) is 4.31 Å². The van der Waals surface area contributed by atoms with Crippen molar-refractivity contribution in [2.45, 2.75) is 31.7 Å². The molecule has 2 aliphatic rings. The molecule has 1 heterocycles. The van der Waals surface area contributed by atoms with Gasteiger partial charge in [-0.2, -0.15) is 17.0 Å². The predicted octanol–water partition coefficient (Wildman–Crippen LogP) is -0.233. The first kappa shape index (κ1) is 14.2. The molecule has 2 fully saturated rings. The van der Waals surface area contributed by atoms with E-state index in [2.05, 4.69) is 0 Å². The van der Waals surface area contributed by atoms with Crippen LogP contribution in [0.2, 0.25) is 0 Å². The van der Waals surface area contributed by atoms with Gasteiger partial charge in [-0.25, -0.2) is 0 Å². The van der Waals surface area contributed by atoms with Crippen LogP contribution in [0, 0.1) is 0 Å². The van der Waals surface area contributed by atoms with Gasteiger partial charge in [0.2, 0.25) is 0 Å². The summed E-state index contributed by atoms with van der Waals surface area (Å²) in [6.45, 7) is 2.68. The third-order valence-corrected chi connectivity index (χ3v) is 5.77. The smallest absolute Gasteiger partial charge is 0.282 e. The Morgan fingerprint density at radius 1 is 1.22 bits per heavy atom. The van der Waals surface area contributed by atoms with Crippen molar-refractivity contribution in [3.63, 3.8) is 0 Å². The summed E-state index contributed by atoms with van der Waals surface area (Å²) in [5.74, 6) is 0. The molecule has 0 amide bonds. The Bertz CT molecular complexity index is 349. The molecule has 0 bridgehead atoms. The van der Waals surface area contributed by atoms with E-state index in [0.717, 1.165) is 25.7 Å². The second kappa shape index (κ2) is 6.29. The van der Waals surface area contributed by atoms with E-state index < -0.39 is 10.2 Å². The topological polar surface area (TPSA) is 75.9 Å². The molecule has 0 radical (unpaired) electrons. The zero-order chi connectivity index (χ0) is 13.0. The number of ether oxygens (including phenoxy) is 1. The van der Waals surface area contributed by atoms with E-state index in [-0.39, 0.29) is 6.04 Å². The summed E-state index contributed by atoms with van der Waals surface area (Å²) in [6.07, 6.45) is 4.15. The molecule has 1 aliphatic carbocycles. The number of nitrogens with zero attached hydrogens (tertiary/aromatic N) is 2. The summed E-state index contributed by atoms with van der Waals surface area (Å²) in [6, 6.07) is 0.140. The lowest BCUT2D eigenvalue weighted by atomic mass is 10.2. The molecule has 0 aromatic carbocycles. The fraction of sp³-hybridized carbons (Fsp3) is 1.00. The minimum atomic E-state index is -3.36. The van der Waals surface area contributed by atoms with Gasteiger partial charge in [-0.05, 0) is 12.8 Å². The van der Waals surface area contributed by atoms with Gasteiger partial charge >= 0.3 is 0 Å². The van der Waals surface area contributed by atoms with Crippen LogP contribution < -0.4 is 5.73 Å². The summed E-state index contributed by atoms with van der Waals surface area (Å²) >= 11 is 0. The summed E-state index contributed by atoms with van der Waals surface area (Å²) < 4.78 is 33.6. The molecule has 1 saturated carbocycles. The SMILES string of the molecule is NCCN(C1CCCC1)S(=O)(=O)N1CCOCC1. The molecule has 6 nitrogen and oxygen atoms in total. The highest BCUT2D eigenvalue weighted by atomic mass is 32.2. The fourth-order valence-electron chi connectivity index (χ4n) is 2.73. The van der Waals surface area contributed by atoms with Gasteiger partial charge < -0.3 is 10.5 Å². The molecule has 0 aromatic rings. The highest BCUT2D eigenvalue weighted by molar-refractivity contribution is 7.86. The third-order valence-electron chi connectivity index (χ3n) is 3.67. The quantitative estimate of drug-likeness (QED) is 0.753. The Kier molecular flexibility index (Phi) is 4.97. The maximum atomic E-state index is 12.6. The summed E-state index contributed by atoms with van der Waals surface area (Å²) in [4.78, 5) is 0. The van der Waals surface area contributed by atoms with Crippen LogP contribution >= 0.6 is 0 Å². The van der Waals surface area contributed by atoms with Crippen LogP contribution in [0.15, 0.2) is 0 Å². The lowest BCUT2D eigenvalue weighted by molar-refractivity contribution is 0.0693. The first-order chi connectivity index (χ1) is 8.66. The Morgan fingerprint density at radius 2 is 1.83 bits per heavy atom. The first-order valence-corrected chi connectivity index (χ1v) is 8.10. The Balaban J connectivity index is 2.11. The van der Waals surface area contributed by atoms with E-state index >= 15 is 0 Å². The molecule has 0 atom stereocenters. The first-order valence-electron chi connectivity index (χ1n) is 6.71. The standard InChI is InChI=1S/C11H23N3O3S/c12-5-6-14(11-3-1-2-4-11)18(15,16)13-7-9-17-10-8-13/h11H,1-10,12H2. The van der Waals surface area contributed by atoms with E-state index in [4.69, 9.17) is 10.5 Å². The van der Waals surface area contributed by atoms with Crippen LogP contribution in [0.4, 0.5) is 0 Å². The van der Waals surface area contributed by atoms with Crippen molar-refractivity contribution in [3.05, 3.63) is 0 Å². The number of hydrogen-bond acceptors (Lipinski definition) is 4. The molecule has 7 heteroatoms. The second-order valence-electron chi connectivity index (χ2n) is 4.86. The van der Waals surface area contributed by atoms with Crippen molar-refractivity contribution >= 4 is 10.2 Å². The highest BCUT2D eigenvalue weighted by Crippen LogP contribution is 2.26. The Hall–Kier alpha value is -0.210. The minimum Gasteiger partial charge on any atom is -0.379 e. The lowest BCUT2D eigenvalue weighted by Crippen LogP contribution is -2.52. The van der Waals surface area contributed by atoms with E-state index in [1.807, 2.05) is 0 Å². The largest absolute Gasteiger partial charge is 0.379 e. The average Bonchev–Trinajstić information content (AvgIpc) is 2.90. The van der Waals surface area contributed by atoms with Crippen LogP contribution in [0.3, 0.4) is 0 Å². The fourth-order valence-corrected chi connectivity index (χ4v) is 4.56. The van der Waals surface area contributed by atoms with Gasteiger partial charge in [0, 0.05) is 32.2 Å². The molecule has 0 aromatic heterocycles. The average molecular weight is 277 g/mol. The summed E-state index contributed by atoms with van der Waals surface area (Å²) in [5.41, 5.74) is 5.57. The zero-order valence-electron chi connectivity index (χ0n) is 10.8. The summed E-state index contributed by atoms with van der Waals surface area (Å²) in [7, 11) is -3.36. The van der Waals surface area contributed by atoms with Crippen LogP contribution in [0.5, 0.6) is 0 Å². The van der Waals surface area contributed by atoms with Gasteiger partial charge in [0.05, 0.1) is 13.2 Å². The van der Waals surface area contributed by atoms with Crippen molar-refractivity contribution in [2.75, 3.05) is 39.4 Å². The maximum Gasteiger partial charge on any atom is 0.282 e. The van der Waals surface area contributed by atoms with Crippen molar-refractivity contribution in [1.29, 1.82) is 0 Å². The Morgan fingerprint density at radius 3 is 2.39 bits per heavy atom. The molecule has 0 spiro atoms. The third kappa shape index (κ3) is 3.03. The van der Waals surface area contributed by atoms with Crippen molar-refractivity contribution < 1.29 is 13.2 Å². The maximum absolute atomic E-state index is 12.6.